The molecule has 0 aliphatic heterocycles. The fraction of sp³-hybridized carbons (Fsp3) is 0.429. The minimum Gasteiger partial charge on any atom is -0.497 e. The number of aliphatic hydroxyl groups excluding tert-OH is 1. The maximum absolute atomic E-state index is 11.9. The largest absolute Gasteiger partial charge is 0.497 e. The Kier molecular flexibility index (Phi) is 5.98. The normalized spacial score (nSPS) is 13.1. The van der Waals surface area contributed by atoms with Gasteiger partial charge in [-0.05, 0) is 13.0 Å². The molecule has 0 radical (unpaired) electrons. The maximum atomic E-state index is 11.9. The minimum absolute atomic E-state index is 0.0658. The van der Waals surface area contributed by atoms with E-state index in [4.69, 9.17) is 14.6 Å². The highest BCUT2D eigenvalue weighted by atomic mass is 16.5. The zero-order valence-electron chi connectivity index (χ0n) is 12.1. The van der Waals surface area contributed by atoms with E-state index in [1.54, 1.807) is 18.2 Å². The second-order valence-corrected chi connectivity index (χ2v) is 4.48. The predicted octanol–water partition coefficient (Wildman–Crippen LogP) is 0.197. The zero-order chi connectivity index (χ0) is 16.0. The van der Waals surface area contributed by atoms with Crippen LogP contribution in [-0.2, 0) is 16.0 Å². The Balaban J connectivity index is 2.81. The van der Waals surface area contributed by atoms with Crippen LogP contribution in [0.25, 0.3) is 0 Å². The van der Waals surface area contributed by atoms with Gasteiger partial charge in [0, 0.05) is 11.6 Å². The van der Waals surface area contributed by atoms with Crippen molar-refractivity contribution in [3.05, 3.63) is 23.8 Å². The minimum atomic E-state index is -1.35. The van der Waals surface area contributed by atoms with Gasteiger partial charge in [0.2, 0.25) is 5.91 Å². The van der Waals surface area contributed by atoms with Crippen LogP contribution in [0, 0.1) is 0 Å². The first-order chi connectivity index (χ1) is 9.88. The highest BCUT2D eigenvalue weighted by molar-refractivity contribution is 5.85. The number of carboxylic acids is 1. The molecule has 0 aromatic heterocycles. The van der Waals surface area contributed by atoms with E-state index in [1.165, 1.54) is 21.1 Å². The van der Waals surface area contributed by atoms with Crippen LogP contribution in [0.5, 0.6) is 11.5 Å². The number of aliphatic hydroxyl groups is 1. The molecule has 116 valence electrons. The number of methoxy groups -OCH3 is 2. The molecule has 3 N–H and O–H groups in total. The van der Waals surface area contributed by atoms with Gasteiger partial charge in [-0.15, -0.1) is 0 Å². The monoisotopic (exact) mass is 297 g/mol. The smallest absolute Gasteiger partial charge is 0.328 e. The molecule has 1 aromatic carbocycles. The van der Waals surface area contributed by atoms with Crippen molar-refractivity contribution in [1.82, 2.24) is 5.32 Å². The van der Waals surface area contributed by atoms with E-state index in [1.807, 2.05) is 0 Å². The molecule has 21 heavy (non-hydrogen) atoms. The SMILES string of the molecule is COc1ccc(CC(=O)N[C@H](C(=O)O)[C@@H](C)O)c(OC)c1. The third-order valence-electron chi connectivity index (χ3n) is 2.91. The summed E-state index contributed by atoms with van der Waals surface area (Å²) in [6, 6.07) is 3.62. The summed E-state index contributed by atoms with van der Waals surface area (Å²) in [5.41, 5.74) is 0.588. The summed E-state index contributed by atoms with van der Waals surface area (Å²) in [6.45, 7) is 1.30. The zero-order valence-corrected chi connectivity index (χ0v) is 12.1. The van der Waals surface area contributed by atoms with E-state index in [2.05, 4.69) is 5.32 Å². The second-order valence-electron chi connectivity index (χ2n) is 4.48. The lowest BCUT2D eigenvalue weighted by Gasteiger charge is -2.17. The molecule has 1 aromatic rings. The topological polar surface area (TPSA) is 105 Å². The van der Waals surface area contributed by atoms with E-state index in [-0.39, 0.29) is 6.42 Å². The molecular formula is C14H19NO6. The molecule has 0 fully saturated rings. The molecule has 0 saturated heterocycles. The Labute approximate surface area is 122 Å². The molecule has 7 heteroatoms. The van der Waals surface area contributed by atoms with Gasteiger partial charge in [0.25, 0.3) is 0 Å². The van der Waals surface area contributed by atoms with Crippen LogP contribution in [0.2, 0.25) is 0 Å². The first-order valence-electron chi connectivity index (χ1n) is 6.30. The summed E-state index contributed by atoms with van der Waals surface area (Å²) in [4.78, 5) is 22.8. The number of amides is 1. The van der Waals surface area contributed by atoms with Crippen molar-refractivity contribution in [2.24, 2.45) is 0 Å². The number of benzene rings is 1. The predicted molar refractivity (Wildman–Crippen MR) is 74.5 cm³/mol. The van der Waals surface area contributed by atoms with Crippen LogP contribution in [0.4, 0.5) is 0 Å². The average Bonchev–Trinajstić information content (AvgIpc) is 2.44. The van der Waals surface area contributed by atoms with Crippen LogP contribution in [0.15, 0.2) is 18.2 Å². The fourth-order valence-corrected chi connectivity index (χ4v) is 1.78. The number of aliphatic carboxylic acids is 1. The van der Waals surface area contributed by atoms with Gasteiger partial charge >= 0.3 is 5.97 Å². The lowest BCUT2D eigenvalue weighted by Crippen LogP contribution is -2.48. The number of carbonyl (C=O) groups is 2. The third kappa shape index (κ3) is 4.64. The van der Waals surface area contributed by atoms with Crippen molar-refractivity contribution < 1.29 is 29.3 Å². The van der Waals surface area contributed by atoms with Crippen molar-refractivity contribution in [2.75, 3.05) is 14.2 Å². The van der Waals surface area contributed by atoms with E-state index in [0.717, 1.165) is 0 Å². The third-order valence-corrected chi connectivity index (χ3v) is 2.91. The second kappa shape index (κ2) is 7.49. The summed E-state index contributed by atoms with van der Waals surface area (Å²) >= 11 is 0. The van der Waals surface area contributed by atoms with E-state index < -0.39 is 24.0 Å². The van der Waals surface area contributed by atoms with Crippen molar-refractivity contribution in [1.29, 1.82) is 0 Å². The Morgan fingerprint density at radius 2 is 1.95 bits per heavy atom. The summed E-state index contributed by atoms with van der Waals surface area (Å²) in [6.07, 6.45) is -1.26. The van der Waals surface area contributed by atoms with Crippen molar-refractivity contribution >= 4 is 11.9 Å². The highest BCUT2D eigenvalue weighted by Gasteiger charge is 2.25. The standard InChI is InChI=1S/C14H19NO6/c1-8(16)13(14(18)19)15-12(17)6-9-4-5-10(20-2)7-11(9)21-3/h4-5,7-8,13,16H,6H2,1-3H3,(H,15,17)(H,18,19)/t8-,13+/m1/s1. The van der Waals surface area contributed by atoms with Crippen molar-refractivity contribution in [3.63, 3.8) is 0 Å². The molecular weight excluding hydrogens is 278 g/mol. The summed E-state index contributed by atoms with van der Waals surface area (Å²) in [7, 11) is 2.98. The molecule has 7 nitrogen and oxygen atoms in total. The highest BCUT2D eigenvalue weighted by Crippen LogP contribution is 2.24. The lowest BCUT2D eigenvalue weighted by atomic mass is 10.1. The average molecular weight is 297 g/mol. The van der Waals surface area contributed by atoms with Gasteiger partial charge in [0.1, 0.15) is 11.5 Å². The van der Waals surface area contributed by atoms with E-state index in [0.29, 0.717) is 17.1 Å². The van der Waals surface area contributed by atoms with Gasteiger partial charge in [0.05, 0.1) is 26.7 Å². The number of carbonyl (C=O) groups excluding carboxylic acids is 1. The van der Waals surface area contributed by atoms with Crippen LogP contribution in [0.3, 0.4) is 0 Å². The molecule has 0 unspecified atom stereocenters. The Hall–Kier alpha value is -2.28. The number of carboxylic acid groups (broad SMARTS) is 1. The van der Waals surface area contributed by atoms with Gasteiger partial charge in [-0.3, -0.25) is 4.79 Å². The van der Waals surface area contributed by atoms with Crippen molar-refractivity contribution in [2.45, 2.75) is 25.5 Å². The van der Waals surface area contributed by atoms with Gasteiger partial charge in [-0.2, -0.15) is 0 Å². The van der Waals surface area contributed by atoms with Crippen LogP contribution >= 0.6 is 0 Å². The van der Waals surface area contributed by atoms with E-state index >= 15 is 0 Å². The molecule has 0 aliphatic rings. The molecule has 2 atom stereocenters. The number of nitrogens with one attached hydrogen (secondary N) is 1. The van der Waals surface area contributed by atoms with Gasteiger partial charge in [-0.1, -0.05) is 6.07 Å². The van der Waals surface area contributed by atoms with Gasteiger partial charge < -0.3 is 25.0 Å². The number of hydrogen-bond acceptors (Lipinski definition) is 5. The molecule has 0 heterocycles. The quantitative estimate of drug-likeness (QED) is 0.664. The molecule has 1 amide bonds. The molecule has 0 saturated carbocycles. The summed E-state index contributed by atoms with van der Waals surface area (Å²) in [5, 5.41) is 20.5. The maximum Gasteiger partial charge on any atom is 0.328 e. The Bertz CT molecular complexity index is 514. The summed E-state index contributed by atoms with van der Waals surface area (Å²) < 4.78 is 10.2. The number of rotatable bonds is 7. The Morgan fingerprint density at radius 3 is 2.43 bits per heavy atom. The van der Waals surface area contributed by atoms with Crippen LogP contribution in [-0.4, -0.2) is 48.5 Å². The van der Waals surface area contributed by atoms with E-state index in [9.17, 15) is 14.7 Å². The van der Waals surface area contributed by atoms with Gasteiger partial charge in [0.15, 0.2) is 6.04 Å². The lowest BCUT2D eigenvalue weighted by molar-refractivity contribution is -0.144. The molecule has 1 rings (SSSR count). The number of ether oxygens (including phenoxy) is 2. The molecule has 0 aliphatic carbocycles. The fourth-order valence-electron chi connectivity index (χ4n) is 1.78. The first kappa shape index (κ1) is 16.8. The first-order valence-corrected chi connectivity index (χ1v) is 6.30. The van der Waals surface area contributed by atoms with Crippen LogP contribution < -0.4 is 14.8 Å². The summed E-state index contributed by atoms with van der Waals surface area (Å²) in [5.74, 6) is -0.761. The van der Waals surface area contributed by atoms with Crippen molar-refractivity contribution in [3.8, 4) is 11.5 Å². The van der Waals surface area contributed by atoms with Crippen LogP contribution in [0.1, 0.15) is 12.5 Å². The Morgan fingerprint density at radius 1 is 1.29 bits per heavy atom. The van der Waals surface area contributed by atoms with Gasteiger partial charge in [-0.25, -0.2) is 4.79 Å². The molecule has 0 bridgehead atoms. The molecule has 0 spiro atoms. The number of hydrogen-bond donors (Lipinski definition) is 3.